The summed E-state index contributed by atoms with van der Waals surface area (Å²) < 4.78 is 90.7. The Kier molecular flexibility index (Phi) is 4.90. The van der Waals surface area contributed by atoms with E-state index >= 15 is 0 Å². The lowest BCUT2D eigenvalue weighted by Gasteiger charge is -2.19. The number of nitrogens with zero attached hydrogens (tertiary/aromatic N) is 3. The second kappa shape index (κ2) is 6.69. The van der Waals surface area contributed by atoms with Crippen molar-refractivity contribution in [2.45, 2.75) is 23.9 Å². The van der Waals surface area contributed by atoms with Crippen molar-refractivity contribution in [1.82, 2.24) is 13.9 Å². The van der Waals surface area contributed by atoms with Crippen LogP contribution in [-0.4, -0.2) is 34.3 Å². The number of fused-ring (bicyclic) bond motifs is 1. The molecule has 2 aromatic heterocycles. The predicted molar refractivity (Wildman–Crippen MR) is 95.0 cm³/mol. The maximum absolute atomic E-state index is 13.6. The summed E-state index contributed by atoms with van der Waals surface area (Å²) in [5.74, 6) is -5.36. The van der Waals surface area contributed by atoms with E-state index in [1.54, 1.807) is 0 Å². The number of rotatable bonds is 4. The second-order valence-electron chi connectivity index (χ2n) is 5.79. The maximum Gasteiger partial charge on any atom is 0.458 e. The Hall–Kier alpha value is -2.21. The molecule has 0 saturated carbocycles. The minimum Gasteiger partial charge on any atom is -0.252 e. The van der Waals surface area contributed by atoms with Crippen LogP contribution in [0, 0.1) is 0 Å². The highest BCUT2D eigenvalue weighted by Crippen LogP contribution is 2.44. The van der Waals surface area contributed by atoms with Crippen molar-refractivity contribution >= 4 is 33.8 Å². The van der Waals surface area contributed by atoms with Crippen molar-refractivity contribution in [2.75, 3.05) is 5.75 Å². The summed E-state index contributed by atoms with van der Waals surface area (Å²) in [5, 5.41) is 0. The molecular weight excluding hydrogens is 425 g/mol. The topological polar surface area (TPSA) is 64.8 Å². The number of aromatic nitrogens is 3. The van der Waals surface area contributed by atoms with E-state index in [9.17, 15) is 30.4 Å². The Morgan fingerprint density at radius 3 is 2.39 bits per heavy atom. The largest absolute Gasteiger partial charge is 0.458 e. The van der Waals surface area contributed by atoms with Crippen molar-refractivity contribution in [3.63, 3.8) is 0 Å². The Bertz CT molecular complexity index is 1160. The molecule has 0 aliphatic rings. The number of alkyl halides is 5. The lowest BCUT2D eigenvalue weighted by atomic mass is 10.1. The number of hydrogen-bond acceptors (Lipinski definition) is 5. The van der Waals surface area contributed by atoms with Crippen LogP contribution in [0.2, 0.25) is 0 Å². The number of imidazole rings is 1. The molecule has 0 saturated heterocycles. The molecule has 0 amide bonds. The number of benzene rings is 1. The van der Waals surface area contributed by atoms with Gasteiger partial charge in [-0.3, -0.25) is 3.97 Å². The van der Waals surface area contributed by atoms with Crippen LogP contribution < -0.4 is 0 Å². The van der Waals surface area contributed by atoms with Crippen molar-refractivity contribution < 1.29 is 30.4 Å². The van der Waals surface area contributed by atoms with Gasteiger partial charge < -0.3 is 0 Å². The van der Waals surface area contributed by atoms with Crippen LogP contribution in [0.25, 0.3) is 22.6 Å². The molecule has 1 aromatic carbocycles. The molecule has 5 nitrogen and oxygen atoms in total. The summed E-state index contributed by atoms with van der Waals surface area (Å²) in [5.41, 5.74) is -1.62. The van der Waals surface area contributed by atoms with Gasteiger partial charge in [0.25, 0.3) is 0 Å². The third-order valence-electron chi connectivity index (χ3n) is 4.04. The molecule has 3 aromatic rings. The van der Waals surface area contributed by atoms with Gasteiger partial charge in [-0.1, -0.05) is 31.9 Å². The summed E-state index contributed by atoms with van der Waals surface area (Å²) in [6.45, 7) is 1.45. The fourth-order valence-electron chi connectivity index (χ4n) is 2.54. The number of halogens is 5. The number of pyridine rings is 1. The SMILES string of the molecule is CCS(=O)(=O)c1ccccc1-c1nc2cc(C(F)(F)C(F)(F)F)cnc2n1S. The first-order valence-electron chi connectivity index (χ1n) is 7.75. The van der Waals surface area contributed by atoms with Gasteiger partial charge in [0.05, 0.1) is 16.2 Å². The zero-order valence-electron chi connectivity index (χ0n) is 14.1. The van der Waals surface area contributed by atoms with Crippen LogP contribution in [0.5, 0.6) is 0 Å². The third kappa shape index (κ3) is 3.24. The molecule has 0 atom stereocenters. The Labute approximate surface area is 161 Å². The van der Waals surface area contributed by atoms with Crippen LogP contribution in [0.3, 0.4) is 0 Å². The van der Waals surface area contributed by atoms with Crippen LogP contribution in [-0.2, 0) is 15.8 Å². The Balaban J connectivity index is 2.23. The van der Waals surface area contributed by atoms with E-state index in [0.717, 1.165) is 3.97 Å². The molecule has 0 unspecified atom stereocenters. The van der Waals surface area contributed by atoms with E-state index in [2.05, 4.69) is 22.8 Å². The van der Waals surface area contributed by atoms with Gasteiger partial charge in [0.2, 0.25) is 0 Å². The predicted octanol–water partition coefficient (Wildman–Crippen LogP) is 4.24. The van der Waals surface area contributed by atoms with Gasteiger partial charge in [0, 0.05) is 11.8 Å². The molecule has 0 fully saturated rings. The summed E-state index contributed by atoms with van der Waals surface area (Å²) in [6.07, 6.45) is -5.40. The first kappa shape index (κ1) is 20.5. The minimum atomic E-state index is -5.80. The highest BCUT2D eigenvalue weighted by molar-refractivity contribution is 7.91. The van der Waals surface area contributed by atoms with Crippen LogP contribution in [0.15, 0.2) is 41.4 Å². The van der Waals surface area contributed by atoms with Crippen molar-refractivity contribution in [3.05, 3.63) is 42.1 Å². The van der Waals surface area contributed by atoms with Crippen LogP contribution in [0.1, 0.15) is 12.5 Å². The molecule has 0 aliphatic carbocycles. The molecule has 2 heterocycles. The Morgan fingerprint density at radius 1 is 1.14 bits per heavy atom. The first-order valence-corrected chi connectivity index (χ1v) is 9.80. The number of thiol groups is 1. The third-order valence-corrected chi connectivity index (χ3v) is 6.20. The van der Waals surface area contributed by atoms with Gasteiger partial charge in [-0.2, -0.15) is 22.0 Å². The standard InChI is InChI=1S/C16H12F5N3O2S2/c1-2-28(25,26)12-6-4-3-5-10(12)13-23-11-7-9(8-22-14(11)24(13)27)15(17,18)16(19,20)21/h3-8,27H,2H2,1H3. The monoisotopic (exact) mass is 437 g/mol. The van der Waals surface area contributed by atoms with Gasteiger partial charge in [-0.25, -0.2) is 18.4 Å². The lowest BCUT2D eigenvalue weighted by Crippen LogP contribution is -2.33. The molecule has 3 rings (SSSR count). The zero-order chi connectivity index (χ0) is 20.9. The van der Waals surface area contributed by atoms with E-state index in [4.69, 9.17) is 0 Å². The maximum atomic E-state index is 13.6. The van der Waals surface area contributed by atoms with E-state index < -0.39 is 27.5 Å². The summed E-state index contributed by atoms with van der Waals surface area (Å²) in [6, 6.07) is 6.37. The molecule has 0 aliphatic heterocycles. The molecule has 150 valence electrons. The normalized spacial score (nSPS) is 13.2. The van der Waals surface area contributed by atoms with E-state index in [1.807, 2.05) is 0 Å². The van der Waals surface area contributed by atoms with Gasteiger partial charge in [0.15, 0.2) is 21.3 Å². The van der Waals surface area contributed by atoms with Gasteiger partial charge in [0.1, 0.15) is 5.52 Å². The fraction of sp³-hybridized carbons (Fsp3) is 0.250. The van der Waals surface area contributed by atoms with Gasteiger partial charge in [-0.05, 0) is 18.2 Å². The average molecular weight is 437 g/mol. The van der Waals surface area contributed by atoms with Crippen LogP contribution in [0.4, 0.5) is 22.0 Å². The first-order chi connectivity index (χ1) is 12.9. The van der Waals surface area contributed by atoms with E-state index in [1.165, 1.54) is 31.2 Å². The fourth-order valence-corrected chi connectivity index (χ4v) is 3.94. The molecular formula is C16H12F5N3O2S2. The highest BCUT2D eigenvalue weighted by atomic mass is 32.2. The molecule has 0 bridgehead atoms. The number of sulfone groups is 1. The molecule has 0 spiro atoms. The van der Waals surface area contributed by atoms with Crippen molar-refractivity contribution in [1.29, 1.82) is 0 Å². The number of hydrogen-bond donors (Lipinski definition) is 1. The van der Waals surface area contributed by atoms with E-state index in [-0.39, 0.29) is 33.2 Å². The van der Waals surface area contributed by atoms with Crippen molar-refractivity contribution in [3.8, 4) is 11.4 Å². The quantitative estimate of drug-likeness (QED) is 0.490. The summed E-state index contributed by atoms with van der Waals surface area (Å²) >= 11 is 4.15. The molecule has 28 heavy (non-hydrogen) atoms. The van der Waals surface area contributed by atoms with E-state index in [0.29, 0.717) is 12.3 Å². The van der Waals surface area contributed by atoms with Crippen LogP contribution >= 0.6 is 12.8 Å². The molecule has 0 N–H and O–H groups in total. The smallest absolute Gasteiger partial charge is 0.252 e. The van der Waals surface area contributed by atoms with Crippen molar-refractivity contribution in [2.24, 2.45) is 0 Å². The molecule has 12 heteroatoms. The molecule has 0 radical (unpaired) electrons. The van der Waals surface area contributed by atoms with Gasteiger partial charge in [-0.15, -0.1) is 0 Å². The average Bonchev–Trinajstić information content (AvgIpc) is 2.97. The Morgan fingerprint density at radius 2 is 1.79 bits per heavy atom. The lowest BCUT2D eigenvalue weighted by molar-refractivity contribution is -0.289. The summed E-state index contributed by atoms with van der Waals surface area (Å²) in [7, 11) is -3.66. The second-order valence-corrected chi connectivity index (χ2v) is 8.43. The highest BCUT2D eigenvalue weighted by Gasteiger charge is 2.59. The zero-order valence-corrected chi connectivity index (χ0v) is 15.8. The minimum absolute atomic E-state index is 0.0501. The summed E-state index contributed by atoms with van der Waals surface area (Å²) in [4.78, 5) is 7.55. The van der Waals surface area contributed by atoms with Gasteiger partial charge >= 0.3 is 12.1 Å².